The summed E-state index contributed by atoms with van der Waals surface area (Å²) in [5.74, 6) is 0.00881. The fraction of sp³-hybridized carbons (Fsp3) is 0.391. The summed E-state index contributed by atoms with van der Waals surface area (Å²) in [6.07, 6.45) is 0.289. The average Bonchev–Trinajstić information content (AvgIpc) is 3.10. The van der Waals surface area contributed by atoms with Crippen LogP contribution in [-0.4, -0.2) is 47.1 Å². The van der Waals surface area contributed by atoms with Crippen molar-refractivity contribution in [2.24, 2.45) is 0 Å². The molecule has 2 heterocycles. The fourth-order valence-electron chi connectivity index (χ4n) is 3.80. The van der Waals surface area contributed by atoms with Crippen molar-refractivity contribution < 1.29 is 9.53 Å². The summed E-state index contributed by atoms with van der Waals surface area (Å²) >= 11 is 1.69. The Labute approximate surface area is 175 Å². The highest BCUT2D eigenvalue weighted by atomic mass is 32.1. The number of carbonyl (C=O) groups excluding carboxylic acids is 1. The molecule has 1 aliphatic heterocycles. The van der Waals surface area contributed by atoms with Crippen molar-refractivity contribution in [2.75, 3.05) is 18.4 Å². The van der Waals surface area contributed by atoms with E-state index < -0.39 is 0 Å². The molecule has 0 aliphatic carbocycles. The van der Waals surface area contributed by atoms with Gasteiger partial charge in [-0.25, -0.2) is 4.98 Å². The summed E-state index contributed by atoms with van der Waals surface area (Å²) in [7, 11) is 0. The highest BCUT2D eigenvalue weighted by Gasteiger charge is 2.29. The highest BCUT2D eigenvalue weighted by Crippen LogP contribution is 2.31. The first kappa shape index (κ1) is 20.0. The van der Waals surface area contributed by atoms with Crippen LogP contribution < -0.4 is 5.32 Å². The van der Waals surface area contributed by atoms with Crippen LogP contribution in [0, 0.1) is 6.92 Å². The van der Waals surface area contributed by atoms with Gasteiger partial charge >= 0.3 is 0 Å². The number of hydrogen-bond donors (Lipinski definition) is 1. The predicted octanol–water partition coefficient (Wildman–Crippen LogP) is 4.71. The van der Waals surface area contributed by atoms with E-state index in [0.717, 1.165) is 34.9 Å². The number of aryl methyl sites for hydroxylation is 1. The van der Waals surface area contributed by atoms with Crippen molar-refractivity contribution >= 4 is 33.1 Å². The summed E-state index contributed by atoms with van der Waals surface area (Å²) in [6.45, 7) is 9.70. The lowest BCUT2D eigenvalue weighted by Gasteiger charge is -2.38. The maximum absolute atomic E-state index is 12.7. The molecule has 0 bridgehead atoms. The van der Waals surface area contributed by atoms with E-state index in [1.807, 2.05) is 31.2 Å². The molecule has 1 saturated heterocycles. The first-order valence-corrected chi connectivity index (χ1v) is 10.9. The van der Waals surface area contributed by atoms with Gasteiger partial charge in [-0.1, -0.05) is 6.07 Å². The van der Waals surface area contributed by atoms with Crippen molar-refractivity contribution in [3.05, 3.63) is 48.0 Å². The number of amides is 1. The highest BCUT2D eigenvalue weighted by molar-refractivity contribution is 7.21. The Morgan fingerprint density at radius 3 is 2.55 bits per heavy atom. The molecule has 0 unspecified atom stereocenters. The Hall–Kier alpha value is -2.28. The van der Waals surface area contributed by atoms with Crippen LogP contribution in [-0.2, 0) is 9.53 Å². The number of morpholine rings is 1. The smallest absolute Gasteiger partial charge is 0.241 e. The number of nitrogens with one attached hydrogen (secondary N) is 1. The van der Waals surface area contributed by atoms with Crippen molar-refractivity contribution in [3.63, 3.8) is 0 Å². The van der Waals surface area contributed by atoms with Gasteiger partial charge in [-0.05, 0) is 69.7 Å². The molecule has 6 heteroatoms. The molecule has 1 amide bonds. The number of rotatable bonds is 4. The first-order chi connectivity index (χ1) is 13.9. The van der Waals surface area contributed by atoms with Gasteiger partial charge in [-0.3, -0.25) is 9.69 Å². The number of thiazole rings is 1. The Morgan fingerprint density at radius 2 is 1.86 bits per heavy atom. The number of ether oxygens (including phenoxy) is 1. The Kier molecular flexibility index (Phi) is 5.67. The lowest BCUT2D eigenvalue weighted by molar-refractivity contribution is -0.126. The maximum Gasteiger partial charge on any atom is 0.241 e. The van der Waals surface area contributed by atoms with Gasteiger partial charge in [0.25, 0.3) is 0 Å². The molecule has 1 N–H and O–H groups in total. The second kappa shape index (κ2) is 8.22. The van der Waals surface area contributed by atoms with Crippen molar-refractivity contribution in [2.45, 2.75) is 45.9 Å². The zero-order valence-corrected chi connectivity index (χ0v) is 18.1. The first-order valence-electron chi connectivity index (χ1n) is 10.1. The molecule has 3 aromatic rings. The summed E-state index contributed by atoms with van der Waals surface area (Å²) in [5, 5.41) is 4.04. The van der Waals surface area contributed by atoms with Crippen LogP contribution in [0.25, 0.3) is 20.8 Å². The number of fused-ring (bicyclic) bond motifs is 1. The normalized spacial score (nSPS) is 21.2. The summed E-state index contributed by atoms with van der Waals surface area (Å²) in [6, 6.07) is 14.0. The third-order valence-corrected chi connectivity index (χ3v) is 6.39. The SMILES string of the molecule is Cc1ccc2nc(-c3ccc(NC(=O)[C@@H](C)N4C[C@@H](C)O[C@H](C)C4)cc3)sc2c1. The van der Waals surface area contributed by atoms with Crippen LogP contribution in [0.3, 0.4) is 0 Å². The third kappa shape index (κ3) is 4.50. The molecule has 0 saturated carbocycles. The van der Waals surface area contributed by atoms with Gasteiger partial charge in [-0.15, -0.1) is 11.3 Å². The van der Waals surface area contributed by atoms with Gasteiger partial charge in [0.2, 0.25) is 5.91 Å². The second-order valence-corrected chi connectivity index (χ2v) is 8.97. The van der Waals surface area contributed by atoms with Crippen molar-refractivity contribution in [3.8, 4) is 10.6 Å². The Balaban J connectivity index is 1.44. The zero-order valence-electron chi connectivity index (χ0n) is 17.3. The van der Waals surface area contributed by atoms with Crippen LogP contribution >= 0.6 is 11.3 Å². The largest absolute Gasteiger partial charge is 0.373 e. The molecule has 4 rings (SSSR count). The van der Waals surface area contributed by atoms with Crippen LogP contribution in [0.15, 0.2) is 42.5 Å². The third-order valence-electron chi connectivity index (χ3n) is 5.32. The minimum atomic E-state index is -0.198. The molecule has 3 atom stereocenters. The van der Waals surface area contributed by atoms with E-state index in [9.17, 15) is 4.79 Å². The van der Waals surface area contributed by atoms with E-state index in [4.69, 9.17) is 9.72 Å². The molecular formula is C23H27N3O2S. The minimum absolute atomic E-state index is 0.00881. The summed E-state index contributed by atoms with van der Waals surface area (Å²) < 4.78 is 6.96. The van der Waals surface area contributed by atoms with Crippen LogP contribution in [0.4, 0.5) is 5.69 Å². The van der Waals surface area contributed by atoms with Gasteiger partial charge in [0.05, 0.1) is 28.5 Å². The van der Waals surface area contributed by atoms with Gasteiger partial charge in [-0.2, -0.15) is 0 Å². The van der Waals surface area contributed by atoms with E-state index >= 15 is 0 Å². The fourth-order valence-corrected chi connectivity index (χ4v) is 4.87. The molecule has 2 aromatic carbocycles. The van der Waals surface area contributed by atoms with E-state index in [0.29, 0.717) is 0 Å². The van der Waals surface area contributed by atoms with Crippen molar-refractivity contribution in [1.29, 1.82) is 0 Å². The molecule has 1 aliphatic rings. The molecule has 0 spiro atoms. The molecule has 1 fully saturated rings. The average molecular weight is 410 g/mol. The molecule has 152 valence electrons. The van der Waals surface area contributed by atoms with E-state index in [1.165, 1.54) is 10.3 Å². The monoisotopic (exact) mass is 409 g/mol. The quantitative estimate of drug-likeness (QED) is 0.678. The molecule has 5 nitrogen and oxygen atoms in total. The molecule has 29 heavy (non-hydrogen) atoms. The lowest BCUT2D eigenvalue weighted by Crippen LogP contribution is -2.52. The van der Waals surface area contributed by atoms with E-state index in [-0.39, 0.29) is 24.2 Å². The van der Waals surface area contributed by atoms with Crippen LogP contribution in [0.5, 0.6) is 0 Å². The minimum Gasteiger partial charge on any atom is -0.373 e. The van der Waals surface area contributed by atoms with Gasteiger partial charge < -0.3 is 10.1 Å². The Bertz CT molecular complexity index is 1000. The van der Waals surface area contributed by atoms with Gasteiger partial charge in [0, 0.05) is 24.3 Å². The van der Waals surface area contributed by atoms with Crippen LogP contribution in [0.2, 0.25) is 0 Å². The molecular weight excluding hydrogens is 382 g/mol. The molecule has 0 radical (unpaired) electrons. The second-order valence-electron chi connectivity index (χ2n) is 7.94. The zero-order chi connectivity index (χ0) is 20.5. The number of anilines is 1. The van der Waals surface area contributed by atoms with Crippen molar-refractivity contribution in [1.82, 2.24) is 9.88 Å². The van der Waals surface area contributed by atoms with Gasteiger partial charge in [0.15, 0.2) is 0 Å². The topological polar surface area (TPSA) is 54.5 Å². The van der Waals surface area contributed by atoms with E-state index in [1.54, 1.807) is 11.3 Å². The summed E-state index contributed by atoms with van der Waals surface area (Å²) in [4.78, 5) is 19.6. The summed E-state index contributed by atoms with van der Waals surface area (Å²) in [5.41, 5.74) is 4.13. The Morgan fingerprint density at radius 1 is 1.17 bits per heavy atom. The van der Waals surface area contributed by atoms with Crippen LogP contribution in [0.1, 0.15) is 26.3 Å². The number of nitrogens with zero attached hydrogens (tertiary/aromatic N) is 2. The maximum atomic E-state index is 12.7. The number of benzene rings is 2. The number of carbonyl (C=O) groups is 1. The number of hydrogen-bond acceptors (Lipinski definition) is 5. The van der Waals surface area contributed by atoms with E-state index in [2.05, 4.69) is 49.2 Å². The lowest BCUT2D eigenvalue weighted by atomic mass is 10.1. The number of aromatic nitrogens is 1. The predicted molar refractivity (Wildman–Crippen MR) is 119 cm³/mol. The standard InChI is InChI=1S/C23H27N3O2S/c1-14-5-10-20-21(11-14)29-23(25-20)18-6-8-19(9-7-18)24-22(27)17(4)26-12-15(2)28-16(3)13-26/h5-11,15-17H,12-13H2,1-4H3,(H,24,27)/t15-,16-,17-/m1/s1. The molecule has 1 aromatic heterocycles. The van der Waals surface area contributed by atoms with Gasteiger partial charge in [0.1, 0.15) is 5.01 Å².